The van der Waals surface area contributed by atoms with Gasteiger partial charge in [-0.3, -0.25) is 4.79 Å². The van der Waals surface area contributed by atoms with Crippen LogP contribution in [0.2, 0.25) is 5.02 Å². The fraction of sp³-hybridized carbons (Fsp3) is 0.0625. The molecule has 1 aromatic heterocycles. The summed E-state index contributed by atoms with van der Waals surface area (Å²) in [5.41, 5.74) is 0.272. The van der Waals surface area contributed by atoms with Gasteiger partial charge in [-0.2, -0.15) is 0 Å². The van der Waals surface area contributed by atoms with Gasteiger partial charge in [-0.25, -0.2) is 0 Å². The van der Waals surface area contributed by atoms with Crippen molar-refractivity contribution >= 4 is 22.6 Å². The SMILES string of the molecule is COc1c(O)cc2oc(-c3ccc(Cl)cc3)cc(=O)c2c1O. The number of fused-ring (bicyclic) bond motifs is 1. The predicted molar refractivity (Wildman–Crippen MR) is 82.8 cm³/mol. The molecule has 112 valence electrons. The minimum atomic E-state index is -0.450. The lowest BCUT2D eigenvalue weighted by molar-refractivity contribution is 0.346. The first-order valence-electron chi connectivity index (χ1n) is 6.34. The van der Waals surface area contributed by atoms with E-state index in [2.05, 4.69) is 0 Å². The second-order valence-corrected chi connectivity index (χ2v) is 5.07. The quantitative estimate of drug-likeness (QED) is 0.755. The van der Waals surface area contributed by atoms with E-state index in [1.54, 1.807) is 24.3 Å². The zero-order valence-corrected chi connectivity index (χ0v) is 12.2. The Kier molecular flexibility index (Phi) is 3.42. The van der Waals surface area contributed by atoms with Crippen LogP contribution in [-0.2, 0) is 0 Å². The topological polar surface area (TPSA) is 79.9 Å². The molecule has 0 radical (unpaired) electrons. The van der Waals surface area contributed by atoms with Crippen molar-refractivity contribution in [2.75, 3.05) is 7.11 Å². The third-order valence-corrected chi connectivity index (χ3v) is 3.51. The monoisotopic (exact) mass is 318 g/mol. The Bertz CT molecular complexity index is 912. The molecule has 2 N–H and O–H groups in total. The van der Waals surface area contributed by atoms with Crippen LogP contribution in [-0.4, -0.2) is 17.3 Å². The summed E-state index contributed by atoms with van der Waals surface area (Å²) in [4.78, 5) is 12.3. The number of hydrogen-bond acceptors (Lipinski definition) is 5. The molecular weight excluding hydrogens is 308 g/mol. The summed E-state index contributed by atoms with van der Waals surface area (Å²) in [6.07, 6.45) is 0. The summed E-state index contributed by atoms with van der Waals surface area (Å²) in [5, 5.41) is 20.4. The highest BCUT2D eigenvalue weighted by Crippen LogP contribution is 2.41. The van der Waals surface area contributed by atoms with E-state index in [4.69, 9.17) is 20.8 Å². The second kappa shape index (κ2) is 5.27. The lowest BCUT2D eigenvalue weighted by atomic mass is 10.1. The Morgan fingerprint density at radius 3 is 2.45 bits per heavy atom. The van der Waals surface area contributed by atoms with Crippen LogP contribution in [0.25, 0.3) is 22.3 Å². The molecule has 2 aromatic carbocycles. The predicted octanol–water partition coefficient (Wildman–Crippen LogP) is 3.53. The Morgan fingerprint density at radius 2 is 1.82 bits per heavy atom. The summed E-state index contributed by atoms with van der Waals surface area (Å²) in [6, 6.07) is 9.25. The summed E-state index contributed by atoms with van der Waals surface area (Å²) in [7, 11) is 1.28. The number of ether oxygens (including phenoxy) is 1. The number of methoxy groups -OCH3 is 1. The second-order valence-electron chi connectivity index (χ2n) is 4.63. The Labute approximate surface area is 130 Å². The molecule has 0 saturated heterocycles. The van der Waals surface area contributed by atoms with E-state index in [-0.39, 0.29) is 22.5 Å². The molecular formula is C16H11ClO5. The molecule has 0 aliphatic heterocycles. The maximum Gasteiger partial charge on any atom is 0.203 e. The molecule has 5 nitrogen and oxygen atoms in total. The van der Waals surface area contributed by atoms with Gasteiger partial charge in [-0.05, 0) is 24.3 Å². The van der Waals surface area contributed by atoms with Crippen LogP contribution < -0.4 is 10.2 Å². The molecule has 0 aliphatic rings. The van der Waals surface area contributed by atoms with Crippen LogP contribution in [0, 0.1) is 0 Å². The third-order valence-electron chi connectivity index (χ3n) is 3.26. The Hall–Kier alpha value is -2.66. The fourth-order valence-electron chi connectivity index (χ4n) is 2.23. The first-order valence-corrected chi connectivity index (χ1v) is 6.71. The van der Waals surface area contributed by atoms with Crippen molar-refractivity contribution in [3.8, 4) is 28.6 Å². The lowest BCUT2D eigenvalue weighted by Gasteiger charge is -2.09. The standard InChI is InChI=1S/C16H11ClO5/c1-21-16-11(19)7-13-14(15(16)20)10(18)6-12(22-13)8-2-4-9(17)5-3-8/h2-7,19-20H,1H3. The smallest absolute Gasteiger partial charge is 0.203 e. The Morgan fingerprint density at radius 1 is 1.14 bits per heavy atom. The van der Waals surface area contributed by atoms with Crippen molar-refractivity contribution < 1.29 is 19.4 Å². The van der Waals surface area contributed by atoms with Gasteiger partial charge >= 0.3 is 0 Å². The van der Waals surface area contributed by atoms with Crippen molar-refractivity contribution in [1.82, 2.24) is 0 Å². The molecule has 0 bridgehead atoms. The van der Waals surface area contributed by atoms with E-state index in [9.17, 15) is 15.0 Å². The van der Waals surface area contributed by atoms with Crippen molar-refractivity contribution in [3.05, 3.63) is 51.6 Å². The molecule has 3 rings (SSSR count). The molecule has 22 heavy (non-hydrogen) atoms. The molecule has 0 aliphatic carbocycles. The summed E-state index contributed by atoms with van der Waals surface area (Å²) >= 11 is 5.83. The highest BCUT2D eigenvalue weighted by Gasteiger charge is 2.18. The first kappa shape index (κ1) is 14.3. The van der Waals surface area contributed by atoms with Crippen LogP contribution in [0.1, 0.15) is 0 Å². The zero-order valence-electron chi connectivity index (χ0n) is 11.5. The zero-order chi connectivity index (χ0) is 15.9. The number of phenols is 2. The minimum Gasteiger partial charge on any atom is -0.504 e. The Balaban J connectivity index is 2.29. The minimum absolute atomic E-state index is 0.0487. The van der Waals surface area contributed by atoms with Crippen LogP contribution in [0.4, 0.5) is 0 Å². The highest BCUT2D eigenvalue weighted by molar-refractivity contribution is 6.30. The largest absolute Gasteiger partial charge is 0.504 e. The van der Waals surface area contributed by atoms with E-state index in [0.717, 1.165) is 0 Å². The highest BCUT2D eigenvalue weighted by atomic mass is 35.5. The number of benzene rings is 2. The van der Waals surface area contributed by atoms with Gasteiger partial charge in [0.2, 0.25) is 5.75 Å². The average molecular weight is 319 g/mol. The van der Waals surface area contributed by atoms with Gasteiger partial charge in [0.25, 0.3) is 0 Å². The molecule has 0 atom stereocenters. The van der Waals surface area contributed by atoms with Gasteiger partial charge in [-0.15, -0.1) is 0 Å². The summed E-state index contributed by atoms with van der Waals surface area (Å²) in [5.74, 6) is -0.630. The molecule has 0 spiro atoms. The van der Waals surface area contributed by atoms with Gasteiger partial charge in [0.15, 0.2) is 16.9 Å². The normalized spacial score (nSPS) is 10.8. The van der Waals surface area contributed by atoms with Gasteiger partial charge in [0, 0.05) is 22.7 Å². The van der Waals surface area contributed by atoms with Gasteiger partial charge in [0.05, 0.1) is 7.11 Å². The summed E-state index contributed by atoms with van der Waals surface area (Å²) in [6.45, 7) is 0. The van der Waals surface area contributed by atoms with Gasteiger partial charge in [-0.1, -0.05) is 11.6 Å². The number of aromatic hydroxyl groups is 2. The van der Waals surface area contributed by atoms with Gasteiger partial charge < -0.3 is 19.4 Å². The van der Waals surface area contributed by atoms with E-state index in [1.165, 1.54) is 19.2 Å². The van der Waals surface area contributed by atoms with Crippen molar-refractivity contribution in [1.29, 1.82) is 0 Å². The molecule has 0 saturated carbocycles. The molecule has 3 aromatic rings. The van der Waals surface area contributed by atoms with Crippen molar-refractivity contribution in [2.24, 2.45) is 0 Å². The van der Waals surface area contributed by atoms with Gasteiger partial charge in [0.1, 0.15) is 16.7 Å². The number of hydrogen-bond donors (Lipinski definition) is 2. The van der Waals surface area contributed by atoms with E-state index in [0.29, 0.717) is 16.3 Å². The lowest BCUT2D eigenvalue weighted by Crippen LogP contribution is -2.01. The van der Waals surface area contributed by atoms with Crippen LogP contribution in [0.15, 0.2) is 45.6 Å². The van der Waals surface area contributed by atoms with E-state index < -0.39 is 11.2 Å². The number of phenolic OH excluding ortho intramolecular Hbond substituents is 2. The van der Waals surface area contributed by atoms with Crippen molar-refractivity contribution in [2.45, 2.75) is 0 Å². The van der Waals surface area contributed by atoms with Crippen LogP contribution in [0.5, 0.6) is 17.2 Å². The van der Waals surface area contributed by atoms with Crippen molar-refractivity contribution in [3.63, 3.8) is 0 Å². The molecule has 1 heterocycles. The molecule has 6 heteroatoms. The number of rotatable bonds is 2. The fourth-order valence-corrected chi connectivity index (χ4v) is 2.35. The van der Waals surface area contributed by atoms with E-state index >= 15 is 0 Å². The summed E-state index contributed by atoms with van der Waals surface area (Å²) < 4.78 is 10.5. The maximum atomic E-state index is 12.3. The maximum absolute atomic E-state index is 12.3. The molecule has 0 amide bonds. The molecule has 0 fully saturated rings. The number of halogens is 1. The average Bonchev–Trinajstić information content (AvgIpc) is 2.47. The van der Waals surface area contributed by atoms with E-state index in [1.807, 2.05) is 0 Å². The molecule has 0 unspecified atom stereocenters. The van der Waals surface area contributed by atoms with Crippen LogP contribution >= 0.6 is 11.6 Å². The third kappa shape index (κ3) is 2.25. The van der Waals surface area contributed by atoms with Crippen LogP contribution in [0.3, 0.4) is 0 Å². The first-order chi connectivity index (χ1) is 10.5.